The van der Waals surface area contributed by atoms with Crippen molar-refractivity contribution in [3.8, 4) is 0 Å². The molecule has 0 aliphatic heterocycles. The molecule has 6 heteroatoms. The third-order valence-electron chi connectivity index (χ3n) is 2.86. The third-order valence-corrected chi connectivity index (χ3v) is 3.06. The Labute approximate surface area is 120 Å². The van der Waals surface area contributed by atoms with Gasteiger partial charge >= 0.3 is 0 Å². The van der Waals surface area contributed by atoms with Gasteiger partial charge in [-0.3, -0.25) is 4.79 Å². The van der Waals surface area contributed by atoms with Crippen LogP contribution in [0.25, 0.3) is 0 Å². The number of aliphatic hydroxyl groups is 1. The summed E-state index contributed by atoms with van der Waals surface area (Å²) in [4.78, 5) is 11.8. The summed E-state index contributed by atoms with van der Waals surface area (Å²) in [6.07, 6.45) is 0. The number of hydrogen-bond donors (Lipinski definition) is 2. The maximum Gasteiger partial charge on any atom is 0.287 e. The molecule has 1 atom stereocenters. The number of amides is 1. The molecule has 0 aliphatic rings. The summed E-state index contributed by atoms with van der Waals surface area (Å²) >= 11 is 5.57. The third kappa shape index (κ3) is 3.37. The average molecular weight is 298 g/mol. The maximum atomic E-state index is 12.8. The van der Waals surface area contributed by atoms with Gasteiger partial charge in [0.2, 0.25) is 0 Å². The first-order valence-corrected chi connectivity index (χ1v) is 6.28. The van der Waals surface area contributed by atoms with Crippen LogP contribution in [0.5, 0.6) is 0 Å². The number of halogens is 2. The summed E-state index contributed by atoms with van der Waals surface area (Å²) in [5.41, 5.74) is -0.823. The minimum atomic E-state index is -1.32. The van der Waals surface area contributed by atoms with Crippen molar-refractivity contribution in [2.24, 2.45) is 0 Å². The summed E-state index contributed by atoms with van der Waals surface area (Å²) in [6, 6.07) is 8.31. The molecule has 0 spiro atoms. The summed E-state index contributed by atoms with van der Waals surface area (Å²) in [6.45, 7) is 1.48. The van der Waals surface area contributed by atoms with Gasteiger partial charge in [0.1, 0.15) is 11.4 Å². The van der Waals surface area contributed by atoms with E-state index in [0.717, 1.165) is 0 Å². The molecule has 0 aliphatic carbocycles. The fourth-order valence-corrected chi connectivity index (χ4v) is 1.83. The lowest BCUT2D eigenvalue weighted by Gasteiger charge is -2.24. The van der Waals surface area contributed by atoms with Crippen LogP contribution in [-0.4, -0.2) is 17.6 Å². The lowest BCUT2D eigenvalue weighted by Crippen LogP contribution is -2.38. The van der Waals surface area contributed by atoms with Crippen LogP contribution in [0.2, 0.25) is 5.22 Å². The Kier molecular flexibility index (Phi) is 4.11. The second kappa shape index (κ2) is 5.64. The molecule has 0 bridgehead atoms. The quantitative estimate of drug-likeness (QED) is 0.912. The van der Waals surface area contributed by atoms with E-state index in [4.69, 9.17) is 16.0 Å². The van der Waals surface area contributed by atoms with E-state index in [1.54, 1.807) is 0 Å². The highest BCUT2D eigenvalue weighted by Gasteiger charge is 2.24. The molecule has 0 saturated heterocycles. The number of rotatable bonds is 4. The molecule has 1 amide bonds. The van der Waals surface area contributed by atoms with Crippen LogP contribution < -0.4 is 5.32 Å². The minimum absolute atomic E-state index is 0.0458. The minimum Gasteiger partial charge on any atom is -0.440 e. The summed E-state index contributed by atoms with van der Waals surface area (Å²) in [5, 5.41) is 12.9. The number of carbonyl (C=O) groups excluding carboxylic acids is 1. The van der Waals surface area contributed by atoms with Gasteiger partial charge in [-0.15, -0.1) is 0 Å². The van der Waals surface area contributed by atoms with E-state index in [2.05, 4.69) is 5.32 Å². The predicted molar refractivity (Wildman–Crippen MR) is 72.0 cm³/mol. The molecule has 106 valence electrons. The average Bonchev–Trinajstić information content (AvgIpc) is 2.83. The molecule has 20 heavy (non-hydrogen) atoms. The van der Waals surface area contributed by atoms with E-state index < -0.39 is 11.5 Å². The number of nitrogens with one attached hydrogen (secondary N) is 1. The summed E-state index contributed by atoms with van der Waals surface area (Å²) in [5.74, 6) is -0.817. The van der Waals surface area contributed by atoms with Crippen molar-refractivity contribution in [2.75, 3.05) is 6.54 Å². The Morgan fingerprint density at radius 1 is 1.35 bits per heavy atom. The lowest BCUT2D eigenvalue weighted by atomic mass is 9.96. The molecule has 0 saturated carbocycles. The van der Waals surface area contributed by atoms with Crippen molar-refractivity contribution < 1.29 is 18.7 Å². The normalized spacial score (nSPS) is 13.8. The van der Waals surface area contributed by atoms with Crippen molar-refractivity contribution in [3.05, 3.63) is 58.8 Å². The fourth-order valence-electron chi connectivity index (χ4n) is 1.69. The highest BCUT2D eigenvalue weighted by atomic mass is 35.5. The molecule has 1 unspecified atom stereocenters. The van der Waals surface area contributed by atoms with E-state index in [0.29, 0.717) is 5.56 Å². The monoisotopic (exact) mass is 297 g/mol. The molecular weight excluding hydrogens is 285 g/mol. The van der Waals surface area contributed by atoms with E-state index in [9.17, 15) is 14.3 Å². The first-order valence-electron chi connectivity index (χ1n) is 5.90. The smallest absolute Gasteiger partial charge is 0.287 e. The molecule has 0 fully saturated rings. The molecule has 1 aromatic carbocycles. The Hall–Kier alpha value is -1.85. The molecular formula is C14H13ClFNO3. The van der Waals surface area contributed by atoms with Crippen LogP contribution in [0.1, 0.15) is 23.0 Å². The zero-order valence-electron chi connectivity index (χ0n) is 10.7. The SMILES string of the molecule is CC(O)(CNC(=O)c1ccc(Cl)o1)c1ccc(F)cc1. The second-order valence-corrected chi connectivity index (χ2v) is 4.94. The first kappa shape index (κ1) is 14.6. The molecule has 2 rings (SSSR count). The molecule has 2 aromatic rings. The van der Waals surface area contributed by atoms with E-state index in [-0.39, 0.29) is 23.3 Å². The van der Waals surface area contributed by atoms with Gasteiger partial charge in [-0.1, -0.05) is 12.1 Å². The van der Waals surface area contributed by atoms with Crippen molar-refractivity contribution in [1.82, 2.24) is 5.32 Å². The number of hydrogen-bond acceptors (Lipinski definition) is 3. The predicted octanol–water partition coefficient (Wildman–Crippen LogP) is 2.71. The van der Waals surface area contributed by atoms with Gasteiger partial charge < -0.3 is 14.8 Å². The molecule has 2 N–H and O–H groups in total. The lowest BCUT2D eigenvalue weighted by molar-refractivity contribution is 0.0518. The Balaban J connectivity index is 2.02. The number of carbonyl (C=O) groups is 1. The van der Waals surface area contributed by atoms with Crippen LogP contribution in [0.4, 0.5) is 4.39 Å². The summed E-state index contributed by atoms with van der Waals surface area (Å²) in [7, 11) is 0. The van der Waals surface area contributed by atoms with Gasteiger partial charge in [-0.05, 0) is 48.4 Å². The van der Waals surface area contributed by atoms with Gasteiger partial charge in [0.15, 0.2) is 11.0 Å². The van der Waals surface area contributed by atoms with Crippen LogP contribution >= 0.6 is 11.6 Å². The summed E-state index contributed by atoms with van der Waals surface area (Å²) < 4.78 is 17.8. The molecule has 4 nitrogen and oxygen atoms in total. The molecule has 0 radical (unpaired) electrons. The highest BCUT2D eigenvalue weighted by molar-refractivity contribution is 6.29. The van der Waals surface area contributed by atoms with Gasteiger partial charge in [-0.2, -0.15) is 0 Å². The van der Waals surface area contributed by atoms with Gasteiger partial charge in [0.25, 0.3) is 5.91 Å². The van der Waals surface area contributed by atoms with Gasteiger partial charge in [-0.25, -0.2) is 4.39 Å². The Morgan fingerprint density at radius 3 is 2.55 bits per heavy atom. The number of furan rings is 1. The maximum absolute atomic E-state index is 12.8. The van der Waals surface area contributed by atoms with Crippen molar-refractivity contribution in [2.45, 2.75) is 12.5 Å². The molecule has 1 aromatic heterocycles. The van der Waals surface area contributed by atoms with Crippen molar-refractivity contribution in [3.63, 3.8) is 0 Å². The van der Waals surface area contributed by atoms with Crippen molar-refractivity contribution >= 4 is 17.5 Å². The van der Waals surface area contributed by atoms with Gasteiger partial charge in [0.05, 0.1) is 6.54 Å². The van der Waals surface area contributed by atoms with Crippen LogP contribution in [0.15, 0.2) is 40.8 Å². The van der Waals surface area contributed by atoms with E-state index in [1.807, 2.05) is 0 Å². The van der Waals surface area contributed by atoms with Crippen molar-refractivity contribution in [1.29, 1.82) is 0 Å². The van der Waals surface area contributed by atoms with Crippen LogP contribution in [0.3, 0.4) is 0 Å². The topological polar surface area (TPSA) is 62.5 Å². The zero-order chi connectivity index (χ0) is 14.8. The van der Waals surface area contributed by atoms with E-state index >= 15 is 0 Å². The van der Waals surface area contributed by atoms with E-state index in [1.165, 1.54) is 43.3 Å². The van der Waals surface area contributed by atoms with Crippen LogP contribution in [-0.2, 0) is 5.60 Å². The first-order chi connectivity index (χ1) is 9.38. The zero-order valence-corrected chi connectivity index (χ0v) is 11.4. The number of benzene rings is 1. The fraction of sp³-hybridized carbons (Fsp3) is 0.214. The second-order valence-electron chi connectivity index (χ2n) is 4.57. The largest absolute Gasteiger partial charge is 0.440 e. The highest BCUT2D eigenvalue weighted by Crippen LogP contribution is 2.20. The van der Waals surface area contributed by atoms with Gasteiger partial charge in [0, 0.05) is 0 Å². The Bertz CT molecular complexity index is 607. The molecule has 1 heterocycles. The standard InChI is InChI=1S/C14H13ClFNO3/c1-14(19,9-2-4-10(16)5-3-9)8-17-13(18)11-6-7-12(15)20-11/h2-7,19H,8H2,1H3,(H,17,18). The Morgan fingerprint density at radius 2 is 2.00 bits per heavy atom. The van der Waals surface area contributed by atoms with Crippen LogP contribution in [0, 0.1) is 5.82 Å².